The smallest absolute Gasteiger partial charge is 0.251 e. The molecule has 5 heteroatoms. The highest BCUT2D eigenvalue weighted by Crippen LogP contribution is 2.25. The van der Waals surface area contributed by atoms with E-state index in [4.69, 9.17) is 21.8 Å². The summed E-state index contributed by atoms with van der Waals surface area (Å²) in [5.74, 6) is 1.13. The summed E-state index contributed by atoms with van der Waals surface area (Å²) >= 11 is 5.73. The predicted octanol–water partition coefficient (Wildman–Crippen LogP) is 7.00. The van der Waals surface area contributed by atoms with Gasteiger partial charge < -0.3 is 15.5 Å². The number of halogens is 1. The summed E-state index contributed by atoms with van der Waals surface area (Å²) in [4.78, 5) is 11.8. The Labute approximate surface area is 205 Å². The number of benzene rings is 2. The Kier molecular flexibility index (Phi) is 16.0. The number of fused-ring (bicyclic) bond motifs is 1. The highest BCUT2D eigenvalue weighted by Gasteiger charge is 2.16. The number of hydrogen-bond acceptors (Lipinski definition) is 3. The summed E-state index contributed by atoms with van der Waals surface area (Å²) in [5, 5.41) is 20.6. The minimum absolute atomic E-state index is 0.0585. The molecule has 1 amide bonds. The maximum Gasteiger partial charge on any atom is 0.251 e. The molecule has 184 valence electrons. The van der Waals surface area contributed by atoms with Gasteiger partial charge in [-0.25, -0.2) is 0 Å². The number of carbonyl (C=O) groups is 1. The number of amides is 1. The van der Waals surface area contributed by atoms with Crippen molar-refractivity contribution in [1.29, 1.82) is 0 Å². The van der Waals surface area contributed by atoms with E-state index in [1.165, 1.54) is 12.8 Å². The molecule has 3 N–H and O–H groups in total. The van der Waals surface area contributed by atoms with E-state index in [1.54, 1.807) is 35.4 Å². The van der Waals surface area contributed by atoms with Gasteiger partial charge >= 0.3 is 0 Å². The van der Waals surface area contributed by atoms with E-state index >= 15 is 0 Å². The molecule has 0 aromatic heterocycles. The van der Waals surface area contributed by atoms with Gasteiger partial charge in [-0.1, -0.05) is 84.0 Å². The number of carbonyl (C=O) groups excluding carboxylic acids is 1. The van der Waals surface area contributed by atoms with Gasteiger partial charge in [0.15, 0.2) is 0 Å². The van der Waals surface area contributed by atoms with Crippen molar-refractivity contribution >= 4 is 17.5 Å². The van der Waals surface area contributed by atoms with Crippen molar-refractivity contribution in [3.8, 4) is 0 Å². The van der Waals surface area contributed by atoms with Crippen LogP contribution in [0.2, 0.25) is 5.02 Å². The van der Waals surface area contributed by atoms with Crippen molar-refractivity contribution in [3.05, 3.63) is 82.6 Å². The summed E-state index contributed by atoms with van der Waals surface area (Å²) in [6.45, 7) is 15.2. The molecule has 0 saturated heterocycles. The van der Waals surface area contributed by atoms with E-state index in [0.717, 1.165) is 5.92 Å². The normalized spacial score (nSPS) is 12.6. The lowest BCUT2D eigenvalue weighted by Crippen LogP contribution is -2.41. The van der Waals surface area contributed by atoms with Gasteiger partial charge in [0.05, 0.1) is 18.4 Å². The lowest BCUT2D eigenvalue weighted by atomic mass is 10.0. The topological polar surface area (TPSA) is 69.6 Å². The SMILES string of the molecule is C=C(O)CC.CC.CC(C)C(CO)NC(=O)c1ccc(Cl)cc1.CC1Cc2ccccc2C1. The van der Waals surface area contributed by atoms with Gasteiger partial charge in [-0.3, -0.25) is 4.79 Å². The summed E-state index contributed by atoms with van der Waals surface area (Å²) in [5.41, 5.74) is 3.67. The third-order valence-electron chi connectivity index (χ3n) is 5.09. The Morgan fingerprint density at radius 3 is 1.91 bits per heavy atom. The van der Waals surface area contributed by atoms with Crippen LogP contribution in [0.5, 0.6) is 0 Å². The molecule has 0 bridgehead atoms. The predicted molar refractivity (Wildman–Crippen MR) is 141 cm³/mol. The third kappa shape index (κ3) is 12.5. The molecule has 0 spiro atoms. The average molecular weight is 476 g/mol. The van der Waals surface area contributed by atoms with Crippen molar-refractivity contribution in [1.82, 2.24) is 5.32 Å². The van der Waals surface area contributed by atoms with Gasteiger partial charge in [0.25, 0.3) is 5.91 Å². The van der Waals surface area contributed by atoms with E-state index in [-0.39, 0.29) is 30.2 Å². The minimum atomic E-state index is -0.219. The van der Waals surface area contributed by atoms with Crippen LogP contribution >= 0.6 is 11.6 Å². The molecule has 1 aliphatic carbocycles. The Morgan fingerprint density at radius 1 is 1.09 bits per heavy atom. The first-order chi connectivity index (χ1) is 15.7. The van der Waals surface area contributed by atoms with Crippen LogP contribution < -0.4 is 5.32 Å². The molecule has 1 atom stereocenters. The number of nitrogens with one attached hydrogen (secondary N) is 1. The van der Waals surface area contributed by atoms with Crippen LogP contribution in [0.25, 0.3) is 0 Å². The van der Waals surface area contributed by atoms with Crippen molar-refractivity contribution in [2.24, 2.45) is 11.8 Å². The van der Waals surface area contributed by atoms with Crippen LogP contribution in [-0.2, 0) is 12.8 Å². The number of rotatable bonds is 5. The molecular weight excluding hydrogens is 434 g/mol. The minimum Gasteiger partial charge on any atom is -0.513 e. The van der Waals surface area contributed by atoms with Crippen LogP contribution in [0.1, 0.15) is 69.4 Å². The molecule has 33 heavy (non-hydrogen) atoms. The fourth-order valence-electron chi connectivity index (χ4n) is 3.05. The second-order valence-corrected chi connectivity index (χ2v) is 8.65. The maximum atomic E-state index is 11.8. The van der Waals surface area contributed by atoms with Crippen LogP contribution in [0, 0.1) is 11.8 Å². The molecule has 1 unspecified atom stereocenters. The van der Waals surface area contributed by atoms with Crippen LogP contribution in [0.3, 0.4) is 0 Å². The molecule has 1 aliphatic rings. The number of allylic oxidation sites excluding steroid dienone is 1. The van der Waals surface area contributed by atoms with E-state index in [1.807, 2.05) is 34.6 Å². The monoisotopic (exact) mass is 475 g/mol. The van der Waals surface area contributed by atoms with Crippen molar-refractivity contribution in [2.75, 3.05) is 6.61 Å². The lowest BCUT2D eigenvalue weighted by molar-refractivity contribution is 0.0897. The van der Waals surface area contributed by atoms with E-state index in [9.17, 15) is 4.79 Å². The summed E-state index contributed by atoms with van der Waals surface area (Å²) in [6.07, 6.45) is 3.24. The lowest BCUT2D eigenvalue weighted by Gasteiger charge is -2.19. The van der Waals surface area contributed by atoms with E-state index in [0.29, 0.717) is 17.0 Å². The first-order valence-corrected chi connectivity index (χ1v) is 12.2. The highest BCUT2D eigenvalue weighted by molar-refractivity contribution is 6.30. The number of hydrogen-bond donors (Lipinski definition) is 3. The van der Waals surface area contributed by atoms with E-state index in [2.05, 4.69) is 43.1 Å². The van der Waals surface area contributed by atoms with Gasteiger partial charge in [0.2, 0.25) is 0 Å². The van der Waals surface area contributed by atoms with Gasteiger partial charge in [0, 0.05) is 17.0 Å². The third-order valence-corrected chi connectivity index (χ3v) is 5.34. The fraction of sp³-hybridized carbons (Fsp3) is 0.464. The molecule has 2 aromatic rings. The van der Waals surface area contributed by atoms with Crippen molar-refractivity contribution in [2.45, 2.75) is 66.8 Å². The number of aliphatic hydroxyl groups is 2. The standard InChI is InChI=1S/C12H16ClNO2.C10H12.C4H8O.C2H6/c1-8(2)11(7-15)14-12(16)9-3-5-10(13)6-4-9;1-8-6-9-4-2-3-5-10(9)7-8;1-3-4(2)5;1-2/h3-6,8,11,15H,7H2,1-2H3,(H,14,16);2-5,8H,6-7H2,1H3;5H,2-3H2,1H3;1-2H3. The molecule has 0 radical (unpaired) electrons. The summed E-state index contributed by atoms with van der Waals surface area (Å²) in [6, 6.07) is 15.2. The molecule has 0 saturated carbocycles. The fourth-order valence-corrected chi connectivity index (χ4v) is 3.18. The Balaban J connectivity index is 0.000000510. The van der Waals surface area contributed by atoms with Crippen molar-refractivity contribution < 1.29 is 15.0 Å². The number of aliphatic hydroxyl groups excluding tert-OH is 2. The first-order valence-electron chi connectivity index (χ1n) is 11.8. The molecule has 2 aromatic carbocycles. The Hall–Kier alpha value is -2.30. The molecule has 3 rings (SSSR count). The summed E-state index contributed by atoms with van der Waals surface area (Å²) in [7, 11) is 0. The second-order valence-electron chi connectivity index (χ2n) is 8.22. The van der Waals surface area contributed by atoms with Gasteiger partial charge in [0.1, 0.15) is 0 Å². The molecule has 4 nitrogen and oxygen atoms in total. The largest absolute Gasteiger partial charge is 0.513 e. The zero-order chi connectivity index (χ0) is 25.4. The van der Waals surface area contributed by atoms with E-state index < -0.39 is 0 Å². The van der Waals surface area contributed by atoms with Crippen LogP contribution in [0.15, 0.2) is 60.9 Å². The molecule has 0 heterocycles. The van der Waals surface area contributed by atoms with Crippen molar-refractivity contribution in [3.63, 3.8) is 0 Å². The molecule has 0 aliphatic heterocycles. The Morgan fingerprint density at radius 2 is 1.55 bits per heavy atom. The second kappa shape index (κ2) is 17.2. The summed E-state index contributed by atoms with van der Waals surface area (Å²) < 4.78 is 0. The van der Waals surface area contributed by atoms with Gasteiger partial charge in [-0.05, 0) is 60.1 Å². The highest BCUT2D eigenvalue weighted by atomic mass is 35.5. The zero-order valence-electron chi connectivity index (χ0n) is 21.1. The van der Waals surface area contributed by atoms with Crippen LogP contribution in [-0.4, -0.2) is 28.8 Å². The molecular formula is C28H42ClNO3. The zero-order valence-corrected chi connectivity index (χ0v) is 21.8. The van der Waals surface area contributed by atoms with Crippen LogP contribution in [0.4, 0.5) is 0 Å². The molecule has 0 fully saturated rings. The first kappa shape index (κ1) is 30.7. The maximum absolute atomic E-state index is 11.8. The average Bonchev–Trinajstić information content (AvgIpc) is 3.19. The Bertz CT molecular complexity index is 793. The van der Waals surface area contributed by atoms with Gasteiger partial charge in [-0.2, -0.15) is 0 Å². The van der Waals surface area contributed by atoms with Gasteiger partial charge in [-0.15, -0.1) is 0 Å². The quantitative estimate of drug-likeness (QED) is 0.407.